The number of carbonyl (C=O) groups excluding carboxylic acids is 1. The van der Waals surface area contributed by atoms with Crippen LogP contribution in [0.25, 0.3) is 5.57 Å². The second-order valence-corrected chi connectivity index (χ2v) is 6.13. The van der Waals surface area contributed by atoms with Gasteiger partial charge in [-0.05, 0) is 35.6 Å². The van der Waals surface area contributed by atoms with E-state index in [1.54, 1.807) is 0 Å². The molecule has 0 radical (unpaired) electrons. The molecule has 1 unspecified atom stereocenters. The van der Waals surface area contributed by atoms with Gasteiger partial charge < -0.3 is 5.32 Å². The first kappa shape index (κ1) is 15.5. The van der Waals surface area contributed by atoms with Crippen molar-refractivity contribution in [2.75, 3.05) is 7.05 Å². The largest absolute Gasteiger partial charge is 0.391 e. The van der Waals surface area contributed by atoms with Gasteiger partial charge in [-0.3, -0.25) is 4.79 Å². The Morgan fingerprint density at radius 1 is 1.13 bits per heavy atom. The van der Waals surface area contributed by atoms with Crippen molar-refractivity contribution >= 4 is 11.4 Å². The van der Waals surface area contributed by atoms with E-state index in [0.717, 1.165) is 35.2 Å². The molecule has 0 saturated carbocycles. The third-order valence-corrected chi connectivity index (χ3v) is 4.79. The highest BCUT2D eigenvalue weighted by Gasteiger charge is 2.34. The van der Waals surface area contributed by atoms with Crippen LogP contribution in [0.15, 0.2) is 54.2 Å². The van der Waals surface area contributed by atoms with Crippen LogP contribution >= 0.6 is 0 Å². The van der Waals surface area contributed by atoms with E-state index in [1.165, 1.54) is 11.1 Å². The van der Waals surface area contributed by atoms with E-state index in [4.69, 9.17) is 0 Å². The maximum absolute atomic E-state index is 13.0. The zero-order chi connectivity index (χ0) is 16.4. The summed E-state index contributed by atoms with van der Waals surface area (Å²) in [5.74, 6) is 0.156. The van der Waals surface area contributed by atoms with E-state index in [-0.39, 0.29) is 11.7 Å². The maximum atomic E-state index is 13.0. The lowest BCUT2D eigenvalue weighted by atomic mass is 9.92. The highest BCUT2D eigenvalue weighted by Crippen LogP contribution is 2.39. The number of hydrogen-bond acceptors (Lipinski definition) is 2. The minimum Gasteiger partial charge on any atom is -0.391 e. The van der Waals surface area contributed by atoms with E-state index >= 15 is 0 Å². The van der Waals surface area contributed by atoms with Crippen molar-refractivity contribution in [1.29, 1.82) is 0 Å². The lowest BCUT2D eigenvalue weighted by Crippen LogP contribution is -2.08. The zero-order valence-corrected chi connectivity index (χ0v) is 14.0. The molecule has 0 heterocycles. The molecule has 2 aromatic carbocycles. The molecular weight excluding hydrogens is 282 g/mol. The van der Waals surface area contributed by atoms with Gasteiger partial charge in [-0.25, -0.2) is 0 Å². The first-order chi connectivity index (χ1) is 11.2. The Balaban J connectivity index is 2.00. The van der Waals surface area contributed by atoms with Gasteiger partial charge in [-0.15, -0.1) is 0 Å². The summed E-state index contributed by atoms with van der Waals surface area (Å²) in [6.45, 7) is 4.28. The van der Waals surface area contributed by atoms with Crippen LogP contribution in [0.4, 0.5) is 0 Å². The predicted molar refractivity (Wildman–Crippen MR) is 95.3 cm³/mol. The van der Waals surface area contributed by atoms with Crippen molar-refractivity contribution in [3.8, 4) is 0 Å². The van der Waals surface area contributed by atoms with Crippen LogP contribution in [-0.4, -0.2) is 12.8 Å². The number of Topliss-reactive ketones (excluding diaryl/α,β-unsaturated/α-hetero) is 1. The van der Waals surface area contributed by atoms with Gasteiger partial charge in [-0.1, -0.05) is 55.5 Å². The van der Waals surface area contributed by atoms with Gasteiger partial charge in [-0.2, -0.15) is 0 Å². The summed E-state index contributed by atoms with van der Waals surface area (Å²) in [4.78, 5) is 13.0. The van der Waals surface area contributed by atoms with Crippen LogP contribution in [0.3, 0.4) is 0 Å². The van der Waals surface area contributed by atoms with Gasteiger partial charge in [0.15, 0.2) is 5.78 Å². The molecule has 118 valence electrons. The molecule has 2 nitrogen and oxygen atoms in total. The monoisotopic (exact) mass is 305 g/mol. The van der Waals surface area contributed by atoms with Gasteiger partial charge in [0.2, 0.25) is 0 Å². The quantitative estimate of drug-likeness (QED) is 0.915. The Bertz CT molecular complexity index is 759. The summed E-state index contributed by atoms with van der Waals surface area (Å²) in [6, 6.07) is 16.5. The first-order valence-corrected chi connectivity index (χ1v) is 8.25. The van der Waals surface area contributed by atoms with Crippen LogP contribution in [-0.2, 0) is 11.2 Å². The number of hydrogen-bond donors (Lipinski definition) is 1. The Morgan fingerprint density at radius 3 is 2.48 bits per heavy atom. The predicted octanol–water partition coefficient (Wildman–Crippen LogP) is 4.24. The third-order valence-electron chi connectivity index (χ3n) is 4.79. The molecule has 3 rings (SSSR count). The van der Waals surface area contributed by atoms with Crippen molar-refractivity contribution in [1.82, 2.24) is 5.32 Å². The summed E-state index contributed by atoms with van der Waals surface area (Å²) in [6.07, 6.45) is 1.77. The van der Waals surface area contributed by atoms with Gasteiger partial charge in [0.25, 0.3) is 0 Å². The molecule has 1 atom stereocenters. The molecule has 2 heteroatoms. The zero-order valence-electron chi connectivity index (χ0n) is 14.0. The van der Waals surface area contributed by atoms with Crippen molar-refractivity contribution in [3.05, 3.63) is 76.5 Å². The number of rotatable bonds is 4. The van der Waals surface area contributed by atoms with Crippen LogP contribution < -0.4 is 5.32 Å². The molecule has 23 heavy (non-hydrogen) atoms. The summed E-state index contributed by atoms with van der Waals surface area (Å²) in [7, 11) is 1.91. The topological polar surface area (TPSA) is 29.1 Å². The molecule has 0 amide bonds. The van der Waals surface area contributed by atoms with E-state index in [9.17, 15) is 4.79 Å². The Hall–Kier alpha value is -2.35. The maximum Gasteiger partial charge on any atom is 0.173 e. The molecule has 1 N–H and O–H groups in total. The SMILES string of the molecule is CCc1ccc(C2=C(NC)CC(c3ccccc3)C2=O)cc1C. The summed E-state index contributed by atoms with van der Waals surface area (Å²) in [5, 5.41) is 3.25. The summed E-state index contributed by atoms with van der Waals surface area (Å²) in [5.41, 5.74) is 6.63. The highest BCUT2D eigenvalue weighted by atomic mass is 16.1. The molecular formula is C21H23NO. The number of aryl methyl sites for hydroxylation is 2. The molecule has 0 spiro atoms. The van der Waals surface area contributed by atoms with E-state index < -0.39 is 0 Å². The van der Waals surface area contributed by atoms with E-state index in [0.29, 0.717) is 0 Å². The summed E-state index contributed by atoms with van der Waals surface area (Å²) < 4.78 is 0. The fourth-order valence-corrected chi connectivity index (χ4v) is 3.47. The Labute approximate surface area is 138 Å². The Kier molecular flexibility index (Phi) is 4.33. The lowest BCUT2D eigenvalue weighted by Gasteiger charge is -2.11. The van der Waals surface area contributed by atoms with Crippen LogP contribution in [0, 0.1) is 6.92 Å². The van der Waals surface area contributed by atoms with Crippen molar-refractivity contribution < 1.29 is 4.79 Å². The van der Waals surface area contributed by atoms with Crippen molar-refractivity contribution in [3.63, 3.8) is 0 Å². The van der Waals surface area contributed by atoms with Crippen LogP contribution in [0.1, 0.15) is 41.5 Å². The number of carbonyl (C=O) groups is 1. The van der Waals surface area contributed by atoms with Gasteiger partial charge in [0.1, 0.15) is 0 Å². The van der Waals surface area contributed by atoms with E-state index in [1.807, 2.05) is 37.4 Å². The normalized spacial score (nSPS) is 17.7. The molecule has 0 saturated heterocycles. The highest BCUT2D eigenvalue weighted by molar-refractivity contribution is 6.26. The van der Waals surface area contributed by atoms with Gasteiger partial charge in [0, 0.05) is 24.7 Å². The average molecular weight is 305 g/mol. The van der Waals surface area contributed by atoms with Crippen LogP contribution in [0.2, 0.25) is 0 Å². The second-order valence-electron chi connectivity index (χ2n) is 6.13. The number of benzene rings is 2. The standard InChI is InChI=1S/C21H23NO/c1-4-15-10-11-17(12-14(15)2)20-19(22-3)13-18(21(20)23)16-8-6-5-7-9-16/h5-12,18,22H,4,13H2,1-3H3. The fraction of sp³-hybridized carbons (Fsp3) is 0.286. The smallest absolute Gasteiger partial charge is 0.173 e. The number of nitrogens with one attached hydrogen (secondary N) is 1. The first-order valence-electron chi connectivity index (χ1n) is 8.25. The molecule has 0 aromatic heterocycles. The molecule has 0 bridgehead atoms. The minimum absolute atomic E-state index is 0.0696. The Morgan fingerprint density at radius 2 is 1.87 bits per heavy atom. The van der Waals surface area contributed by atoms with Gasteiger partial charge >= 0.3 is 0 Å². The minimum atomic E-state index is -0.0696. The molecule has 0 fully saturated rings. The number of allylic oxidation sites excluding steroid dienone is 2. The average Bonchev–Trinajstić information content (AvgIpc) is 2.92. The molecule has 1 aliphatic rings. The van der Waals surface area contributed by atoms with Gasteiger partial charge in [0.05, 0.1) is 5.92 Å². The van der Waals surface area contributed by atoms with Crippen molar-refractivity contribution in [2.45, 2.75) is 32.6 Å². The second kappa shape index (κ2) is 6.41. The third kappa shape index (κ3) is 2.81. The molecule has 0 aliphatic heterocycles. The number of ketones is 1. The van der Waals surface area contributed by atoms with Crippen LogP contribution in [0.5, 0.6) is 0 Å². The van der Waals surface area contributed by atoms with E-state index in [2.05, 4.69) is 37.4 Å². The van der Waals surface area contributed by atoms with Crippen molar-refractivity contribution in [2.24, 2.45) is 0 Å². The molecule has 1 aliphatic carbocycles. The fourth-order valence-electron chi connectivity index (χ4n) is 3.47. The summed E-state index contributed by atoms with van der Waals surface area (Å²) >= 11 is 0. The molecule has 2 aromatic rings. The lowest BCUT2D eigenvalue weighted by molar-refractivity contribution is -0.114.